The van der Waals surface area contributed by atoms with Gasteiger partial charge in [-0.2, -0.15) is 0 Å². The maximum absolute atomic E-state index is 12.3. The Morgan fingerprint density at radius 1 is 1.33 bits per heavy atom. The maximum atomic E-state index is 12.3. The zero-order valence-corrected chi connectivity index (χ0v) is 13.3. The molecule has 0 fully saturated rings. The lowest BCUT2D eigenvalue weighted by Gasteiger charge is -2.41. The third-order valence-electron chi connectivity index (χ3n) is 3.64. The predicted octanol–water partition coefficient (Wildman–Crippen LogP) is 4.18. The van der Waals surface area contributed by atoms with Crippen LogP contribution in [0.3, 0.4) is 0 Å². The minimum absolute atomic E-state index is 0.0801. The highest BCUT2D eigenvalue weighted by atomic mass is 79.9. The van der Waals surface area contributed by atoms with Gasteiger partial charge in [0.05, 0.1) is 0 Å². The van der Waals surface area contributed by atoms with Crippen LogP contribution in [0.4, 0.5) is 5.69 Å². The molecule has 0 saturated carbocycles. The van der Waals surface area contributed by atoms with Crippen molar-refractivity contribution in [1.82, 2.24) is 0 Å². The summed E-state index contributed by atoms with van der Waals surface area (Å²) in [7, 11) is 0. The van der Waals surface area contributed by atoms with E-state index in [-0.39, 0.29) is 17.4 Å². The number of aryl methyl sites for hydroxylation is 1. The Balaban J connectivity index is 2.69. The molecule has 2 nitrogen and oxygen atoms in total. The molecule has 1 heterocycles. The molecule has 1 amide bonds. The summed E-state index contributed by atoms with van der Waals surface area (Å²) < 4.78 is 1.07. The largest absolute Gasteiger partial charge is 0.310 e. The second-order valence-electron chi connectivity index (χ2n) is 6.04. The van der Waals surface area contributed by atoms with Crippen LogP contribution in [0.2, 0.25) is 0 Å². The first-order valence-electron chi connectivity index (χ1n) is 6.37. The Hall–Kier alpha value is -0.830. The Morgan fingerprint density at radius 3 is 2.50 bits per heavy atom. The number of anilines is 1. The molecular formula is C15H20BrNO. The lowest BCUT2D eigenvalue weighted by Crippen LogP contribution is -2.45. The van der Waals surface area contributed by atoms with E-state index in [2.05, 4.69) is 62.7 Å². The number of amides is 1. The number of carbonyl (C=O) groups excluding carboxylic acids is 1. The minimum Gasteiger partial charge on any atom is -0.310 e. The van der Waals surface area contributed by atoms with E-state index in [9.17, 15) is 4.79 Å². The fourth-order valence-corrected chi connectivity index (χ4v) is 3.00. The topological polar surface area (TPSA) is 20.3 Å². The van der Waals surface area contributed by atoms with E-state index in [0.29, 0.717) is 6.42 Å². The van der Waals surface area contributed by atoms with E-state index in [1.165, 1.54) is 11.1 Å². The average molecular weight is 310 g/mol. The van der Waals surface area contributed by atoms with Gasteiger partial charge in [-0.3, -0.25) is 4.79 Å². The van der Waals surface area contributed by atoms with E-state index < -0.39 is 0 Å². The highest BCUT2D eigenvalue weighted by Crippen LogP contribution is 2.43. The quantitative estimate of drug-likeness (QED) is 0.762. The Morgan fingerprint density at radius 2 is 1.94 bits per heavy atom. The number of carbonyl (C=O) groups is 1. The molecule has 0 N–H and O–H groups in total. The minimum atomic E-state index is -0.0801. The lowest BCUT2D eigenvalue weighted by molar-refractivity contribution is -0.120. The number of benzene rings is 1. The van der Waals surface area contributed by atoms with Crippen molar-refractivity contribution in [3.63, 3.8) is 0 Å². The number of hydrogen-bond donors (Lipinski definition) is 0. The van der Waals surface area contributed by atoms with Crippen LogP contribution in [0.15, 0.2) is 16.6 Å². The van der Waals surface area contributed by atoms with Crippen molar-refractivity contribution in [2.45, 2.75) is 52.5 Å². The summed E-state index contributed by atoms with van der Waals surface area (Å²) in [6.07, 6.45) is 0.583. The van der Waals surface area contributed by atoms with Crippen LogP contribution in [0.1, 0.15) is 45.2 Å². The summed E-state index contributed by atoms with van der Waals surface area (Å²) in [5.41, 5.74) is 3.48. The van der Waals surface area contributed by atoms with Crippen molar-refractivity contribution < 1.29 is 4.79 Å². The SMILES string of the molecule is Cc1cc2c(cc1Br)N(C(C)C)C(=O)CC2(C)C. The van der Waals surface area contributed by atoms with E-state index in [1.54, 1.807) is 0 Å². The zero-order chi connectivity index (χ0) is 13.7. The molecule has 1 aliphatic heterocycles. The number of halogens is 1. The highest BCUT2D eigenvalue weighted by Gasteiger charge is 2.37. The van der Waals surface area contributed by atoms with Crippen molar-refractivity contribution in [2.24, 2.45) is 0 Å². The number of nitrogens with zero attached hydrogens (tertiary/aromatic N) is 1. The predicted molar refractivity (Wildman–Crippen MR) is 79.1 cm³/mol. The monoisotopic (exact) mass is 309 g/mol. The smallest absolute Gasteiger partial charge is 0.228 e. The average Bonchev–Trinajstić information content (AvgIpc) is 2.19. The van der Waals surface area contributed by atoms with Crippen LogP contribution in [0.25, 0.3) is 0 Å². The van der Waals surface area contributed by atoms with Gasteiger partial charge in [0.1, 0.15) is 0 Å². The summed E-state index contributed by atoms with van der Waals surface area (Å²) in [5.74, 6) is 0.221. The molecule has 0 saturated heterocycles. The molecule has 1 aliphatic rings. The molecule has 0 radical (unpaired) electrons. The standard InChI is InChI=1S/C15H20BrNO/c1-9(2)17-13-7-12(16)10(3)6-11(13)15(4,5)8-14(17)18/h6-7,9H,8H2,1-5H3. The van der Waals surface area contributed by atoms with Crippen molar-refractivity contribution in [1.29, 1.82) is 0 Å². The van der Waals surface area contributed by atoms with Gasteiger partial charge in [0, 0.05) is 28.0 Å². The molecule has 0 aliphatic carbocycles. The van der Waals surface area contributed by atoms with Crippen molar-refractivity contribution in [3.05, 3.63) is 27.7 Å². The van der Waals surface area contributed by atoms with E-state index in [4.69, 9.17) is 0 Å². The molecule has 1 aromatic carbocycles. The lowest BCUT2D eigenvalue weighted by atomic mass is 9.76. The number of fused-ring (bicyclic) bond motifs is 1. The van der Waals surface area contributed by atoms with Crippen molar-refractivity contribution in [3.8, 4) is 0 Å². The molecule has 1 aromatic rings. The number of hydrogen-bond acceptors (Lipinski definition) is 1. The van der Waals surface area contributed by atoms with Gasteiger partial charge in [-0.1, -0.05) is 35.8 Å². The molecule has 2 rings (SSSR count). The highest BCUT2D eigenvalue weighted by molar-refractivity contribution is 9.10. The Kier molecular flexibility index (Phi) is 3.30. The molecular weight excluding hydrogens is 290 g/mol. The summed E-state index contributed by atoms with van der Waals surface area (Å²) in [6, 6.07) is 4.49. The van der Waals surface area contributed by atoms with Gasteiger partial charge in [0.15, 0.2) is 0 Å². The van der Waals surface area contributed by atoms with Gasteiger partial charge >= 0.3 is 0 Å². The van der Waals surface area contributed by atoms with E-state index >= 15 is 0 Å². The van der Waals surface area contributed by atoms with Gasteiger partial charge in [-0.05, 0) is 38.0 Å². The fraction of sp³-hybridized carbons (Fsp3) is 0.533. The van der Waals surface area contributed by atoms with Crippen LogP contribution >= 0.6 is 15.9 Å². The molecule has 0 bridgehead atoms. The summed E-state index contributed by atoms with van der Waals surface area (Å²) >= 11 is 3.57. The summed E-state index contributed by atoms with van der Waals surface area (Å²) in [4.78, 5) is 14.2. The normalized spacial score (nSPS) is 18.2. The summed E-state index contributed by atoms with van der Waals surface area (Å²) in [5, 5.41) is 0. The van der Waals surface area contributed by atoms with E-state index in [1.807, 2.05) is 4.90 Å². The Labute approximate surface area is 117 Å². The molecule has 0 spiro atoms. The first-order valence-corrected chi connectivity index (χ1v) is 7.16. The summed E-state index contributed by atoms with van der Waals surface area (Å²) in [6.45, 7) is 10.5. The van der Waals surface area contributed by atoms with E-state index in [0.717, 1.165) is 10.2 Å². The van der Waals surface area contributed by atoms with Crippen LogP contribution in [0, 0.1) is 6.92 Å². The molecule has 3 heteroatoms. The molecule has 0 atom stereocenters. The van der Waals surface area contributed by atoms with Crippen LogP contribution in [-0.4, -0.2) is 11.9 Å². The first-order chi connectivity index (χ1) is 8.24. The van der Waals surface area contributed by atoms with Gasteiger partial charge < -0.3 is 4.90 Å². The maximum Gasteiger partial charge on any atom is 0.228 e. The molecule has 98 valence electrons. The third kappa shape index (κ3) is 2.09. The number of rotatable bonds is 1. The van der Waals surface area contributed by atoms with Gasteiger partial charge in [-0.15, -0.1) is 0 Å². The Bertz CT molecular complexity index is 505. The van der Waals surface area contributed by atoms with Crippen LogP contribution in [-0.2, 0) is 10.2 Å². The van der Waals surface area contributed by atoms with Crippen LogP contribution < -0.4 is 4.90 Å². The first kappa shape index (κ1) is 13.6. The van der Waals surface area contributed by atoms with Crippen molar-refractivity contribution >= 4 is 27.5 Å². The molecule has 0 unspecified atom stereocenters. The van der Waals surface area contributed by atoms with Gasteiger partial charge in [0.2, 0.25) is 5.91 Å². The molecule has 0 aromatic heterocycles. The third-order valence-corrected chi connectivity index (χ3v) is 4.50. The van der Waals surface area contributed by atoms with Gasteiger partial charge in [-0.25, -0.2) is 0 Å². The van der Waals surface area contributed by atoms with Crippen molar-refractivity contribution in [2.75, 3.05) is 4.90 Å². The second kappa shape index (κ2) is 4.37. The fourth-order valence-electron chi connectivity index (χ4n) is 2.67. The molecule has 18 heavy (non-hydrogen) atoms. The zero-order valence-electron chi connectivity index (χ0n) is 11.7. The van der Waals surface area contributed by atoms with Gasteiger partial charge in [0.25, 0.3) is 0 Å². The second-order valence-corrected chi connectivity index (χ2v) is 6.89. The van der Waals surface area contributed by atoms with Crippen LogP contribution in [0.5, 0.6) is 0 Å².